The number of ether oxygens (including phenoxy) is 1. The number of aryl methyl sites for hydroxylation is 1. The molecule has 0 N–H and O–H groups in total. The fourth-order valence-electron chi connectivity index (χ4n) is 2.40. The van der Waals surface area contributed by atoms with Crippen LogP contribution in [0, 0.1) is 24.0 Å². The molecule has 124 valence electrons. The molecule has 3 aromatic rings. The van der Waals surface area contributed by atoms with Gasteiger partial charge in [-0.05, 0) is 38.1 Å². The summed E-state index contributed by atoms with van der Waals surface area (Å²) in [6.07, 6.45) is 0. The van der Waals surface area contributed by atoms with E-state index < -0.39 is 4.92 Å². The number of hydrogen-bond donors (Lipinski definition) is 0. The van der Waals surface area contributed by atoms with Gasteiger partial charge in [-0.3, -0.25) is 14.8 Å². The van der Waals surface area contributed by atoms with Crippen LogP contribution in [0.4, 0.5) is 5.69 Å². The maximum absolute atomic E-state index is 11.0. The highest BCUT2D eigenvalue weighted by atomic mass is 16.6. The zero-order chi connectivity index (χ0) is 17.3. The predicted molar refractivity (Wildman–Crippen MR) is 83.7 cm³/mol. The quantitative estimate of drug-likeness (QED) is 0.522. The standard InChI is InChI=1S/C15H15N5O4/c1-9-14(20(21)22)10(2)19(18-9)8-13-16-17-15(24-13)11-4-6-12(23-3)7-5-11/h4-7H,8H2,1-3H3. The largest absolute Gasteiger partial charge is 0.497 e. The number of nitrogens with zero attached hydrogens (tertiary/aromatic N) is 5. The first-order valence-electron chi connectivity index (χ1n) is 7.14. The van der Waals surface area contributed by atoms with Crippen LogP contribution in [0.2, 0.25) is 0 Å². The minimum absolute atomic E-state index is 0.00453. The molecule has 2 heterocycles. The molecule has 0 aliphatic heterocycles. The van der Waals surface area contributed by atoms with Crippen LogP contribution in [0.1, 0.15) is 17.3 Å². The Labute approximate surface area is 137 Å². The lowest BCUT2D eigenvalue weighted by molar-refractivity contribution is -0.386. The molecule has 0 aliphatic rings. The summed E-state index contributed by atoms with van der Waals surface area (Å²) in [5.74, 6) is 1.42. The van der Waals surface area contributed by atoms with Crippen LogP contribution in [0.3, 0.4) is 0 Å². The van der Waals surface area contributed by atoms with Crippen molar-refractivity contribution in [2.75, 3.05) is 7.11 Å². The van der Waals surface area contributed by atoms with Gasteiger partial charge in [-0.1, -0.05) is 0 Å². The number of benzene rings is 1. The van der Waals surface area contributed by atoms with Gasteiger partial charge in [-0.25, -0.2) is 0 Å². The Morgan fingerprint density at radius 2 is 1.96 bits per heavy atom. The zero-order valence-electron chi connectivity index (χ0n) is 13.4. The van der Waals surface area contributed by atoms with E-state index in [1.54, 1.807) is 33.1 Å². The van der Waals surface area contributed by atoms with Crippen molar-refractivity contribution in [3.8, 4) is 17.2 Å². The molecule has 3 rings (SSSR count). The van der Waals surface area contributed by atoms with Crippen molar-refractivity contribution in [2.45, 2.75) is 20.4 Å². The molecule has 9 nitrogen and oxygen atoms in total. The van der Waals surface area contributed by atoms with Crippen LogP contribution < -0.4 is 4.74 Å². The van der Waals surface area contributed by atoms with E-state index in [2.05, 4.69) is 15.3 Å². The molecule has 0 aliphatic carbocycles. The van der Waals surface area contributed by atoms with Crippen molar-refractivity contribution in [3.05, 3.63) is 51.7 Å². The Morgan fingerprint density at radius 1 is 1.25 bits per heavy atom. The molecule has 2 aromatic heterocycles. The van der Waals surface area contributed by atoms with Gasteiger partial charge in [-0.2, -0.15) is 5.10 Å². The fraction of sp³-hybridized carbons (Fsp3) is 0.267. The van der Waals surface area contributed by atoms with Crippen molar-refractivity contribution in [1.29, 1.82) is 0 Å². The summed E-state index contributed by atoms with van der Waals surface area (Å²) in [6.45, 7) is 3.40. The van der Waals surface area contributed by atoms with Gasteiger partial charge < -0.3 is 9.15 Å². The molecule has 0 saturated heterocycles. The molecule has 0 amide bonds. The fourth-order valence-corrected chi connectivity index (χ4v) is 2.40. The van der Waals surface area contributed by atoms with Gasteiger partial charge in [0.25, 0.3) is 0 Å². The van der Waals surface area contributed by atoms with E-state index in [1.807, 2.05) is 12.1 Å². The van der Waals surface area contributed by atoms with Crippen molar-refractivity contribution >= 4 is 5.69 Å². The van der Waals surface area contributed by atoms with E-state index in [0.717, 1.165) is 11.3 Å². The lowest BCUT2D eigenvalue weighted by Gasteiger charge is -2.00. The van der Waals surface area contributed by atoms with Crippen LogP contribution in [0.5, 0.6) is 5.75 Å². The van der Waals surface area contributed by atoms with Crippen LogP contribution in [0.25, 0.3) is 11.5 Å². The lowest BCUT2D eigenvalue weighted by Crippen LogP contribution is -2.04. The summed E-state index contributed by atoms with van der Waals surface area (Å²) in [7, 11) is 1.59. The van der Waals surface area contributed by atoms with Gasteiger partial charge in [0.15, 0.2) is 0 Å². The summed E-state index contributed by atoms with van der Waals surface area (Å²) < 4.78 is 12.2. The average molecular weight is 329 g/mol. The molecule has 0 fully saturated rings. The van der Waals surface area contributed by atoms with Crippen molar-refractivity contribution in [3.63, 3.8) is 0 Å². The molecule has 0 atom stereocenters. The minimum Gasteiger partial charge on any atom is -0.497 e. The highest BCUT2D eigenvalue weighted by Gasteiger charge is 2.22. The van der Waals surface area contributed by atoms with E-state index in [9.17, 15) is 10.1 Å². The third-order valence-corrected chi connectivity index (χ3v) is 3.61. The SMILES string of the molecule is COc1ccc(-c2nnc(Cn3nc(C)c([N+](=O)[O-])c3C)o2)cc1. The second-order valence-electron chi connectivity index (χ2n) is 5.16. The topological polar surface area (TPSA) is 109 Å². The van der Waals surface area contributed by atoms with E-state index in [1.165, 1.54) is 4.68 Å². The monoisotopic (exact) mass is 329 g/mol. The van der Waals surface area contributed by atoms with E-state index in [-0.39, 0.29) is 12.2 Å². The summed E-state index contributed by atoms with van der Waals surface area (Å²) in [5, 5.41) is 23.2. The molecule has 1 aromatic carbocycles. The van der Waals surface area contributed by atoms with E-state index in [0.29, 0.717) is 23.2 Å². The first-order chi connectivity index (χ1) is 11.5. The maximum Gasteiger partial charge on any atom is 0.312 e. The van der Waals surface area contributed by atoms with Crippen molar-refractivity contribution in [2.24, 2.45) is 0 Å². The molecule has 0 radical (unpaired) electrons. The smallest absolute Gasteiger partial charge is 0.312 e. The summed E-state index contributed by atoms with van der Waals surface area (Å²) >= 11 is 0. The Bertz CT molecular complexity index is 882. The van der Waals surface area contributed by atoms with Crippen molar-refractivity contribution < 1.29 is 14.1 Å². The molecule has 0 unspecified atom stereocenters. The number of hydrogen-bond acceptors (Lipinski definition) is 7. The molecule has 0 spiro atoms. The first kappa shape index (κ1) is 15.7. The van der Waals surface area contributed by atoms with Crippen LogP contribution >= 0.6 is 0 Å². The van der Waals surface area contributed by atoms with Crippen LogP contribution in [-0.4, -0.2) is 32.0 Å². The van der Waals surface area contributed by atoms with Crippen LogP contribution in [0.15, 0.2) is 28.7 Å². The Kier molecular flexibility index (Phi) is 3.98. The average Bonchev–Trinajstić information content (AvgIpc) is 3.13. The molecule has 0 saturated carbocycles. The number of aromatic nitrogens is 4. The highest BCUT2D eigenvalue weighted by Crippen LogP contribution is 2.24. The summed E-state index contributed by atoms with van der Waals surface area (Å²) in [4.78, 5) is 10.6. The molecule has 24 heavy (non-hydrogen) atoms. The van der Waals surface area contributed by atoms with Crippen molar-refractivity contribution in [1.82, 2.24) is 20.0 Å². The number of methoxy groups -OCH3 is 1. The van der Waals surface area contributed by atoms with Gasteiger partial charge in [0.1, 0.15) is 23.7 Å². The van der Waals surface area contributed by atoms with E-state index in [4.69, 9.17) is 9.15 Å². The zero-order valence-corrected chi connectivity index (χ0v) is 13.4. The Balaban J connectivity index is 1.84. The molecule has 9 heteroatoms. The second-order valence-corrected chi connectivity index (χ2v) is 5.16. The number of rotatable bonds is 5. The summed E-state index contributed by atoms with van der Waals surface area (Å²) in [5.41, 5.74) is 1.56. The minimum atomic E-state index is -0.440. The predicted octanol–water partition coefficient (Wildman–Crippen LogP) is 2.52. The third-order valence-electron chi connectivity index (χ3n) is 3.61. The van der Waals surface area contributed by atoms with Gasteiger partial charge in [-0.15, -0.1) is 10.2 Å². The lowest BCUT2D eigenvalue weighted by atomic mass is 10.2. The first-order valence-corrected chi connectivity index (χ1v) is 7.14. The maximum atomic E-state index is 11.0. The van der Waals surface area contributed by atoms with Gasteiger partial charge in [0.05, 0.1) is 12.0 Å². The van der Waals surface area contributed by atoms with Gasteiger partial charge >= 0.3 is 5.69 Å². The highest BCUT2D eigenvalue weighted by molar-refractivity contribution is 5.53. The van der Waals surface area contributed by atoms with Crippen LogP contribution in [-0.2, 0) is 6.54 Å². The van der Waals surface area contributed by atoms with Gasteiger partial charge in [0.2, 0.25) is 11.8 Å². The van der Waals surface area contributed by atoms with E-state index >= 15 is 0 Å². The molecular weight excluding hydrogens is 314 g/mol. The Hall–Kier alpha value is -3.23. The normalized spacial score (nSPS) is 10.8. The summed E-state index contributed by atoms with van der Waals surface area (Å²) in [6, 6.07) is 7.21. The Morgan fingerprint density at radius 3 is 2.54 bits per heavy atom. The third kappa shape index (κ3) is 2.83. The van der Waals surface area contributed by atoms with Gasteiger partial charge in [0, 0.05) is 5.56 Å². The second kappa shape index (κ2) is 6.11. The molecular formula is C15H15N5O4. The number of nitro groups is 1. The molecule has 0 bridgehead atoms.